The predicted octanol–water partition coefficient (Wildman–Crippen LogP) is 5.58. The third-order valence-corrected chi connectivity index (χ3v) is 3.92. The molecule has 0 amide bonds. The van der Waals surface area contributed by atoms with E-state index in [1.807, 2.05) is 0 Å². The third-order valence-electron chi connectivity index (χ3n) is 1.65. The summed E-state index contributed by atoms with van der Waals surface area (Å²) >= 11 is 40.2. The SMILES string of the molecule is O=[C]c1c(Cl)c(Cl)c(C(Cl)(Cl)Cl)c(Cl)c1Cl. The van der Waals surface area contributed by atoms with Gasteiger partial charge in [0.1, 0.15) is 0 Å². The molecule has 16 heavy (non-hydrogen) atoms. The summed E-state index contributed by atoms with van der Waals surface area (Å²) < 4.78 is -1.90. The van der Waals surface area contributed by atoms with Crippen LogP contribution in [0.25, 0.3) is 0 Å². The number of hydrogen-bond donors (Lipinski definition) is 0. The highest BCUT2D eigenvalue weighted by atomic mass is 35.6. The monoisotopic (exact) mass is 357 g/mol. The molecule has 0 unspecified atom stereocenters. The molecule has 1 radical (unpaired) electrons. The maximum Gasteiger partial charge on any atom is 0.236 e. The Labute approximate surface area is 126 Å². The van der Waals surface area contributed by atoms with E-state index in [0.717, 1.165) is 0 Å². The molecule has 0 aliphatic heterocycles. The number of alkyl halides is 3. The van der Waals surface area contributed by atoms with Crippen LogP contribution in [0.2, 0.25) is 20.1 Å². The van der Waals surface area contributed by atoms with Crippen LogP contribution in [-0.2, 0) is 8.59 Å². The number of benzene rings is 1. The predicted molar refractivity (Wildman–Crippen MR) is 70.5 cm³/mol. The van der Waals surface area contributed by atoms with Gasteiger partial charge < -0.3 is 0 Å². The Morgan fingerprint density at radius 2 is 1.19 bits per heavy atom. The minimum atomic E-state index is -1.90. The highest BCUT2D eigenvalue weighted by Crippen LogP contribution is 2.50. The van der Waals surface area contributed by atoms with Gasteiger partial charge >= 0.3 is 0 Å². The highest BCUT2D eigenvalue weighted by Gasteiger charge is 2.33. The topological polar surface area (TPSA) is 17.1 Å². The molecule has 0 fully saturated rings. The van der Waals surface area contributed by atoms with Crippen LogP contribution in [0.5, 0.6) is 0 Å². The van der Waals surface area contributed by atoms with Crippen LogP contribution < -0.4 is 0 Å². The number of carbonyl (C=O) groups excluding carboxylic acids is 1. The Hall–Kier alpha value is 0.920. The zero-order valence-electron chi connectivity index (χ0n) is 7.05. The normalized spacial score (nSPS) is 11.7. The van der Waals surface area contributed by atoms with E-state index in [4.69, 9.17) is 81.2 Å². The van der Waals surface area contributed by atoms with Gasteiger partial charge in [0, 0.05) is 5.56 Å². The van der Waals surface area contributed by atoms with Crippen LogP contribution in [0.1, 0.15) is 11.1 Å². The van der Waals surface area contributed by atoms with Gasteiger partial charge in [-0.15, -0.1) is 0 Å². The van der Waals surface area contributed by atoms with Crippen molar-refractivity contribution < 1.29 is 4.79 Å². The summed E-state index contributed by atoms with van der Waals surface area (Å²) in [5.41, 5.74) is -0.244. The van der Waals surface area contributed by atoms with Crippen molar-refractivity contribution in [1.29, 1.82) is 0 Å². The molecule has 0 spiro atoms. The first-order chi connectivity index (χ1) is 7.21. The Morgan fingerprint density at radius 1 is 0.812 bits per heavy atom. The summed E-state index contributed by atoms with van der Waals surface area (Å²) in [7, 11) is 0. The Balaban J connectivity index is 3.74. The van der Waals surface area contributed by atoms with Crippen molar-refractivity contribution in [2.45, 2.75) is 3.79 Å². The minimum Gasteiger partial charge on any atom is -0.285 e. The fourth-order valence-electron chi connectivity index (χ4n) is 0.970. The van der Waals surface area contributed by atoms with Crippen LogP contribution in [0.4, 0.5) is 0 Å². The lowest BCUT2D eigenvalue weighted by atomic mass is 10.1. The summed E-state index contributed by atoms with van der Waals surface area (Å²) in [5, 5.41) is -0.608. The quantitative estimate of drug-likeness (QED) is 0.472. The second-order valence-electron chi connectivity index (χ2n) is 2.61. The molecular formula is C8Cl7O. The van der Waals surface area contributed by atoms with Gasteiger partial charge in [-0.2, -0.15) is 0 Å². The zero-order chi connectivity index (χ0) is 12.7. The molecule has 0 saturated heterocycles. The molecule has 0 N–H and O–H groups in total. The van der Waals surface area contributed by atoms with Crippen LogP contribution in [0.3, 0.4) is 0 Å². The maximum atomic E-state index is 10.6. The largest absolute Gasteiger partial charge is 0.285 e. The first kappa shape index (κ1) is 15.0. The van der Waals surface area contributed by atoms with Gasteiger partial charge in [-0.3, -0.25) is 4.79 Å². The maximum absolute atomic E-state index is 10.6. The average Bonchev–Trinajstić information content (AvgIpc) is 2.14. The molecule has 0 atom stereocenters. The Bertz CT molecular complexity index is 420. The molecule has 1 nitrogen and oxygen atoms in total. The second-order valence-corrected chi connectivity index (χ2v) is 6.40. The molecule has 0 saturated carbocycles. The first-order valence-corrected chi connectivity index (χ1v) is 6.17. The van der Waals surface area contributed by atoms with E-state index in [1.54, 1.807) is 0 Å². The van der Waals surface area contributed by atoms with E-state index >= 15 is 0 Å². The summed E-state index contributed by atoms with van der Waals surface area (Å²) in [6.45, 7) is 0. The van der Waals surface area contributed by atoms with Crippen LogP contribution in [-0.4, -0.2) is 6.29 Å². The third kappa shape index (κ3) is 2.67. The number of halogens is 7. The molecule has 0 heterocycles. The lowest BCUT2D eigenvalue weighted by Gasteiger charge is -2.18. The van der Waals surface area contributed by atoms with Gasteiger partial charge in [0.05, 0.1) is 25.7 Å². The molecular weight excluding hydrogens is 360 g/mol. The van der Waals surface area contributed by atoms with E-state index in [2.05, 4.69) is 0 Å². The van der Waals surface area contributed by atoms with E-state index in [0.29, 0.717) is 0 Å². The van der Waals surface area contributed by atoms with Crippen molar-refractivity contribution in [3.8, 4) is 0 Å². The van der Waals surface area contributed by atoms with E-state index in [9.17, 15) is 4.79 Å². The summed E-state index contributed by atoms with van der Waals surface area (Å²) in [5.74, 6) is 0. The highest BCUT2D eigenvalue weighted by molar-refractivity contribution is 6.68. The van der Waals surface area contributed by atoms with Gasteiger partial charge in [-0.1, -0.05) is 81.2 Å². The lowest BCUT2D eigenvalue weighted by molar-refractivity contribution is 0.563. The molecule has 1 rings (SSSR count). The fourth-order valence-corrected chi connectivity index (χ4v) is 3.04. The van der Waals surface area contributed by atoms with Crippen LogP contribution in [0, 0.1) is 0 Å². The number of rotatable bonds is 1. The summed E-state index contributed by atoms with van der Waals surface area (Å²) in [6.07, 6.45) is 1.51. The fraction of sp³-hybridized carbons (Fsp3) is 0.125. The first-order valence-electron chi connectivity index (χ1n) is 3.53. The summed E-state index contributed by atoms with van der Waals surface area (Å²) in [6, 6.07) is 0. The van der Waals surface area contributed by atoms with Gasteiger partial charge in [0.2, 0.25) is 10.1 Å². The molecule has 0 aliphatic rings. The minimum absolute atomic E-state index is 0.0742. The van der Waals surface area contributed by atoms with E-state index in [1.165, 1.54) is 6.29 Å². The molecule has 8 heteroatoms. The van der Waals surface area contributed by atoms with Gasteiger partial charge in [-0.25, -0.2) is 0 Å². The number of hydrogen-bond acceptors (Lipinski definition) is 1. The van der Waals surface area contributed by atoms with Crippen LogP contribution >= 0.6 is 81.2 Å². The van der Waals surface area contributed by atoms with Crippen molar-refractivity contribution in [3.05, 3.63) is 31.2 Å². The average molecular weight is 360 g/mol. The zero-order valence-corrected chi connectivity index (χ0v) is 12.3. The smallest absolute Gasteiger partial charge is 0.236 e. The molecule has 87 valence electrons. The lowest BCUT2D eigenvalue weighted by Crippen LogP contribution is -2.05. The van der Waals surface area contributed by atoms with Crippen molar-refractivity contribution in [2.24, 2.45) is 0 Å². The van der Waals surface area contributed by atoms with Crippen molar-refractivity contribution in [1.82, 2.24) is 0 Å². The second kappa shape index (κ2) is 5.27. The molecule has 0 aromatic heterocycles. The van der Waals surface area contributed by atoms with Crippen molar-refractivity contribution in [2.75, 3.05) is 0 Å². The molecule has 0 aliphatic carbocycles. The van der Waals surface area contributed by atoms with E-state index in [-0.39, 0.29) is 31.2 Å². The van der Waals surface area contributed by atoms with Gasteiger partial charge in [0.25, 0.3) is 0 Å². The summed E-state index contributed by atoms with van der Waals surface area (Å²) in [4.78, 5) is 10.6. The van der Waals surface area contributed by atoms with Crippen molar-refractivity contribution >= 4 is 87.5 Å². The van der Waals surface area contributed by atoms with Crippen molar-refractivity contribution in [3.63, 3.8) is 0 Å². The Kier molecular flexibility index (Phi) is 4.94. The van der Waals surface area contributed by atoms with Gasteiger partial charge in [-0.05, 0) is 0 Å². The van der Waals surface area contributed by atoms with Gasteiger partial charge in [0.15, 0.2) is 0 Å². The molecule has 1 aromatic rings. The van der Waals surface area contributed by atoms with E-state index < -0.39 is 3.79 Å². The molecule has 1 aromatic carbocycles. The molecule has 0 bridgehead atoms. The Morgan fingerprint density at radius 3 is 1.44 bits per heavy atom. The van der Waals surface area contributed by atoms with Crippen LogP contribution in [0.15, 0.2) is 0 Å². The standard InChI is InChI=1S/C8Cl7O/c9-4-2(1-16)5(10)7(12)3(6(4)11)8(13,14)15.